The van der Waals surface area contributed by atoms with Crippen LogP contribution in [0.15, 0.2) is 30.3 Å². The summed E-state index contributed by atoms with van der Waals surface area (Å²) in [5.74, 6) is 0.923. The molecule has 0 radical (unpaired) electrons. The minimum atomic E-state index is -0.00333. The van der Waals surface area contributed by atoms with E-state index in [0.29, 0.717) is 10.7 Å². The van der Waals surface area contributed by atoms with Crippen molar-refractivity contribution in [1.29, 1.82) is 0 Å². The number of amides is 1. The van der Waals surface area contributed by atoms with Gasteiger partial charge in [0, 0.05) is 24.2 Å². The first-order valence-corrected chi connectivity index (χ1v) is 8.67. The first-order valence-electron chi connectivity index (χ1n) is 6.89. The van der Waals surface area contributed by atoms with Crippen molar-refractivity contribution >= 4 is 40.2 Å². The SMILES string of the molecule is CCC(CSC)N(C)C(=O)c1cc(Cl)nc2ccccc12. The van der Waals surface area contributed by atoms with E-state index in [1.54, 1.807) is 17.8 Å². The lowest BCUT2D eigenvalue weighted by Crippen LogP contribution is -2.38. The highest BCUT2D eigenvalue weighted by Gasteiger charge is 2.21. The van der Waals surface area contributed by atoms with E-state index in [1.165, 1.54) is 0 Å². The monoisotopic (exact) mass is 322 g/mol. The Bertz CT molecular complexity index is 647. The highest BCUT2D eigenvalue weighted by Crippen LogP contribution is 2.23. The lowest BCUT2D eigenvalue weighted by atomic mass is 10.1. The van der Waals surface area contributed by atoms with Crippen LogP contribution in [0.3, 0.4) is 0 Å². The van der Waals surface area contributed by atoms with Crippen LogP contribution in [-0.2, 0) is 0 Å². The molecule has 0 spiro atoms. The zero-order valence-electron chi connectivity index (χ0n) is 12.5. The summed E-state index contributed by atoms with van der Waals surface area (Å²) in [6.45, 7) is 2.10. The van der Waals surface area contributed by atoms with Gasteiger partial charge in [0.1, 0.15) is 5.15 Å². The lowest BCUT2D eigenvalue weighted by Gasteiger charge is -2.27. The average molecular weight is 323 g/mol. The standard InChI is InChI=1S/C16H19ClN2OS/c1-4-11(10-21-3)19(2)16(20)13-9-15(17)18-14-8-6-5-7-12(13)14/h5-9,11H,4,10H2,1-3H3. The van der Waals surface area contributed by atoms with E-state index in [1.807, 2.05) is 36.2 Å². The second-order valence-electron chi connectivity index (χ2n) is 4.94. The minimum Gasteiger partial charge on any atom is -0.338 e. The molecule has 1 atom stereocenters. The second kappa shape index (κ2) is 7.14. The summed E-state index contributed by atoms with van der Waals surface area (Å²) in [6, 6.07) is 9.47. The van der Waals surface area contributed by atoms with Gasteiger partial charge in [-0.1, -0.05) is 36.7 Å². The maximum Gasteiger partial charge on any atom is 0.254 e. The summed E-state index contributed by atoms with van der Waals surface area (Å²) in [6.07, 6.45) is 2.99. The Hall–Kier alpha value is -1.26. The maximum absolute atomic E-state index is 12.8. The Morgan fingerprint density at radius 1 is 1.43 bits per heavy atom. The molecule has 0 N–H and O–H groups in total. The fourth-order valence-electron chi connectivity index (χ4n) is 2.37. The van der Waals surface area contributed by atoms with Crippen LogP contribution in [0.25, 0.3) is 10.9 Å². The number of benzene rings is 1. The van der Waals surface area contributed by atoms with Crippen molar-refractivity contribution < 1.29 is 4.79 Å². The fraction of sp³-hybridized carbons (Fsp3) is 0.375. The zero-order chi connectivity index (χ0) is 15.4. The molecule has 0 aliphatic carbocycles. The highest BCUT2D eigenvalue weighted by molar-refractivity contribution is 7.98. The molecule has 2 rings (SSSR count). The molecular weight excluding hydrogens is 304 g/mol. The van der Waals surface area contributed by atoms with E-state index in [-0.39, 0.29) is 11.9 Å². The number of fused-ring (bicyclic) bond motifs is 1. The summed E-state index contributed by atoms with van der Waals surface area (Å²) in [5, 5.41) is 1.20. The van der Waals surface area contributed by atoms with Crippen LogP contribution in [0.2, 0.25) is 5.15 Å². The second-order valence-corrected chi connectivity index (χ2v) is 6.24. The van der Waals surface area contributed by atoms with Crippen molar-refractivity contribution in [3.05, 3.63) is 41.0 Å². The number of para-hydroxylation sites is 1. The fourth-order valence-corrected chi connectivity index (χ4v) is 3.42. The topological polar surface area (TPSA) is 33.2 Å². The van der Waals surface area contributed by atoms with Gasteiger partial charge in [0.25, 0.3) is 5.91 Å². The van der Waals surface area contributed by atoms with Crippen LogP contribution in [0.5, 0.6) is 0 Å². The normalized spacial score (nSPS) is 12.4. The summed E-state index contributed by atoms with van der Waals surface area (Å²) in [7, 11) is 1.86. The first-order chi connectivity index (χ1) is 10.1. The smallest absolute Gasteiger partial charge is 0.254 e. The van der Waals surface area contributed by atoms with Gasteiger partial charge in [-0.25, -0.2) is 4.98 Å². The molecule has 112 valence electrons. The van der Waals surface area contributed by atoms with Gasteiger partial charge in [0.2, 0.25) is 0 Å². The number of hydrogen-bond acceptors (Lipinski definition) is 3. The molecule has 3 nitrogen and oxygen atoms in total. The van der Waals surface area contributed by atoms with E-state index in [9.17, 15) is 4.79 Å². The zero-order valence-corrected chi connectivity index (χ0v) is 14.0. The Morgan fingerprint density at radius 3 is 2.81 bits per heavy atom. The van der Waals surface area contributed by atoms with E-state index >= 15 is 0 Å². The van der Waals surface area contributed by atoms with Gasteiger partial charge in [-0.05, 0) is 24.8 Å². The molecule has 0 saturated carbocycles. The number of pyridine rings is 1. The van der Waals surface area contributed by atoms with Gasteiger partial charge >= 0.3 is 0 Å². The van der Waals surface area contributed by atoms with Crippen LogP contribution in [-0.4, -0.2) is 40.9 Å². The quantitative estimate of drug-likeness (QED) is 0.777. The molecule has 1 aromatic carbocycles. The van der Waals surface area contributed by atoms with E-state index < -0.39 is 0 Å². The highest BCUT2D eigenvalue weighted by atomic mass is 35.5. The van der Waals surface area contributed by atoms with E-state index in [0.717, 1.165) is 23.1 Å². The Kier molecular flexibility index (Phi) is 5.48. The van der Waals surface area contributed by atoms with Gasteiger partial charge in [0.05, 0.1) is 11.1 Å². The maximum atomic E-state index is 12.8. The van der Waals surface area contributed by atoms with Crippen molar-refractivity contribution in [1.82, 2.24) is 9.88 Å². The summed E-state index contributed by atoms with van der Waals surface area (Å²) < 4.78 is 0. The first kappa shape index (κ1) is 16.1. The molecular formula is C16H19ClN2OS. The molecule has 1 heterocycles. The Morgan fingerprint density at radius 2 is 2.14 bits per heavy atom. The summed E-state index contributed by atoms with van der Waals surface area (Å²) in [5.41, 5.74) is 1.37. The molecule has 1 amide bonds. The molecule has 0 aliphatic rings. The largest absolute Gasteiger partial charge is 0.338 e. The number of nitrogens with zero attached hydrogens (tertiary/aromatic N) is 2. The van der Waals surface area contributed by atoms with Gasteiger partial charge in [-0.15, -0.1) is 0 Å². The van der Waals surface area contributed by atoms with Crippen molar-refractivity contribution in [3.63, 3.8) is 0 Å². The van der Waals surface area contributed by atoms with Gasteiger partial charge in [-0.3, -0.25) is 4.79 Å². The number of aromatic nitrogens is 1. The molecule has 0 bridgehead atoms. The molecule has 0 fully saturated rings. The van der Waals surface area contributed by atoms with Crippen molar-refractivity contribution in [2.75, 3.05) is 19.1 Å². The summed E-state index contributed by atoms with van der Waals surface area (Å²) >= 11 is 7.81. The van der Waals surface area contributed by atoms with Crippen LogP contribution >= 0.6 is 23.4 Å². The van der Waals surface area contributed by atoms with Gasteiger partial charge in [0.15, 0.2) is 0 Å². The predicted molar refractivity (Wildman–Crippen MR) is 91.3 cm³/mol. The van der Waals surface area contributed by atoms with Crippen molar-refractivity contribution in [3.8, 4) is 0 Å². The molecule has 1 unspecified atom stereocenters. The van der Waals surface area contributed by atoms with Crippen LogP contribution in [0.1, 0.15) is 23.7 Å². The molecule has 0 saturated heterocycles. The lowest BCUT2D eigenvalue weighted by molar-refractivity contribution is 0.0745. The molecule has 1 aromatic heterocycles. The van der Waals surface area contributed by atoms with Gasteiger partial charge < -0.3 is 4.90 Å². The number of carbonyl (C=O) groups excluding carboxylic acids is 1. The van der Waals surface area contributed by atoms with Crippen LogP contribution in [0.4, 0.5) is 0 Å². The van der Waals surface area contributed by atoms with Crippen molar-refractivity contribution in [2.45, 2.75) is 19.4 Å². The molecule has 2 aromatic rings. The molecule has 5 heteroatoms. The minimum absolute atomic E-state index is 0.00333. The number of hydrogen-bond donors (Lipinski definition) is 0. The van der Waals surface area contributed by atoms with Crippen molar-refractivity contribution in [2.24, 2.45) is 0 Å². The number of halogens is 1. The third-order valence-electron chi connectivity index (χ3n) is 3.61. The van der Waals surface area contributed by atoms with Crippen LogP contribution in [0, 0.1) is 0 Å². The van der Waals surface area contributed by atoms with E-state index in [2.05, 4.69) is 18.2 Å². The van der Waals surface area contributed by atoms with E-state index in [4.69, 9.17) is 11.6 Å². The third kappa shape index (κ3) is 3.50. The van der Waals surface area contributed by atoms with Gasteiger partial charge in [-0.2, -0.15) is 11.8 Å². The third-order valence-corrected chi connectivity index (χ3v) is 4.53. The molecule has 21 heavy (non-hydrogen) atoms. The number of thioether (sulfide) groups is 1. The summed E-state index contributed by atoms with van der Waals surface area (Å²) in [4.78, 5) is 18.9. The Balaban J connectivity index is 2.43. The Labute approximate surface area is 134 Å². The predicted octanol–water partition coefficient (Wildman–Crippen LogP) is 4.10. The molecule has 0 aliphatic heterocycles. The number of rotatable bonds is 5. The number of carbonyl (C=O) groups is 1. The average Bonchev–Trinajstić information content (AvgIpc) is 2.50. The van der Waals surface area contributed by atoms with Crippen LogP contribution < -0.4 is 0 Å².